The summed E-state index contributed by atoms with van der Waals surface area (Å²) in [5.41, 5.74) is 3.67. The highest BCUT2D eigenvalue weighted by Crippen LogP contribution is 2.38. The maximum absolute atomic E-state index is 11.4. The van der Waals surface area contributed by atoms with E-state index in [-0.39, 0.29) is 0 Å². The summed E-state index contributed by atoms with van der Waals surface area (Å²) in [7, 11) is 3.75. The molecule has 0 radical (unpaired) electrons. The van der Waals surface area contributed by atoms with E-state index in [0.29, 0.717) is 34.9 Å². The fourth-order valence-corrected chi connectivity index (χ4v) is 5.03. The molecule has 2 atom stereocenters. The summed E-state index contributed by atoms with van der Waals surface area (Å²) in [5, 5.41) is 9.29. The van der Waals surface area contributed by atoms with Crippen molar-refractivity contribution in [1.29, 1.82) is 0 Å². The summed E-state index contributed by atoms with van der Waals surface area (Å²) < 4.78 is 5.06. The van der Waals surface area contributed by atoms with Gasteiger partial charge in [-0.3, -0.25) is 4.98 Å². The van der Waals surface area contributed by atoms with Crippen molar-refractivity contribution < 1.29 is 4.42 Å². The molecule has 0 saturated carbocycles. The molecule has 4 aromatic rings. The molecule has 2 aliphatic heterocycles. The molecule has 0 amide bonds. The predicted octanol–water partition coefficient (Wildman–Crippen LogP) is 4.46. The zero-order valence-electron chi connectivity index (χ0n) is 20.8. The van der Waals surface area contributed by atoms with Crippen molar-refractivity contribution in [2.45, 2.75) is 51.1 Å². The largest absolute Gasteiger partial charge is 0.417 e. The lowest BCUT2D eigenvalue weighted by Crippen LogP contribution is -2.40. The second-order valence-electron chi connectivity index (χ2n) is 9.33. The molecule has 2 bridgehead atoms. The number of nitrogens with zero attached hydrogens (tertiary/aromatic N) is 4. The van der Waals surface area contributed by atoms with Crippen molar-refractivity contribution in [3.8, 4) is 0 Å². The molecule has 2 unspecified atom stereocenters. The number of rotatable bonds is 5. The van der Waals surface area contributed by atoms with Crippen LogP contribution in [-0.2, 0) is 0 Å². The zero-order valence-corrected chi connectivity index (χ0v) is 20.8. The summed E-state index contributed by atoms with van der Waals surface area (Å²) >= 11 is 0. The van der Waals surface area contributed by atoms with Crippen LogP contribution in [0.4, 0.5) is 29.0 Å². The first-order valence-electron chi connectivity index (χ1n) is 12.4. The molecule has 6 rings (SSSR count). The number of hydrogen-bond donors (Lipinski definition) is 4. The number of H-pyrrole nitrogens is 1. The first-order valence-corrected chi connectivity index (χ1v) is 12.4. The minimum atomic E-state index is -0.473. The Morgan fingerprint density at radius 3 is 2.44 bits per heavy atom. The van der Waals surface area contributed by atoms with Crippen LogP contribution >= 0.6 is 0 Å². The van der Waals surface area contributed by atoms with E-state index in [9.17, 15) is 4.79 Å². The number of benzene rings is 1. The van der Waals surface area contributed by atoms with Crippen LogP contribution in [0.1, 0.15) is 37.7 Å². The van der Waals surface area contributed by atoms with Gasteiger partial charge in [-0.25, -0.2) is 14.8 Å². The fourth-order valence-electron chi connectivity index (χ4n) is 5.03. The third-order valence-corrected chi connectivity index (χ3v) is 6.62. The number of aromatic amines is 1. The van der Waals surface area contributed by atoms with Crippen LogP contribution in [0.2, 0.25) is 0 Å². The van der Waals surface area contributed by atoms with Crippen LogP contribution in [0.5, 0.6) is 0 Å². The van der Waals surface area contributed by atoms with Gasteiger partial charge in [0.2, 0.25) is 5.95 Å². The number of aromatic nitrogens is 4. The van der Waals surface area contributed by atoms with Gasteiger partial charge in [-0.15, -0.1) is 0 Å². The van der Waals surface area contributed by atoms with Gasteiger partial charge in [0.1, 0.15) is 11.6 Å². The van der Waals surface area contributed by atoms with Gasteiger partial charge in [-0.2, -0.15) is 4.98 Å². The maximum Gasteiger partial charge on any atom is 0.417 e. The van der Waals surface area contributed by atoms with Crippen LogP contribution in [0, 0.1) is 6.92 Å². The van der Waals surface area contributed by atoms with Gasteiger partial charge in [0.05, 0.1) is 17.4 Å². The van der Waals surface area contributed by atoms with Crippen LogP contribution in [0.25, 0.3) is 11.1 Å². The smallest absolute Gasteiger partial charge is 0.408 e. The molecule has 36 heavy (non-hydrogen) atoms. The first-order chi connectivity index (χ1) is 17.5. The van der Waals surface area contributed by atoms with Gasteiger partial charge in [-0.05, 0) is 83.5 Å². The normalized spacial score (nSPS) is 18.6. The van der Waals surface area contributed by atoms with Gasteiger partial charge in [-0.1, -0.05) is 0 Å². The Balaban J connectivity index is 0.000000848. The summed E-state index contributed by atoms with van der Waals surface area (Å²) in [5.74, 6) is 1.74. The molecule has 2 saturated heterocycles. The average molecular weight is 489 g/mol. The molecule has 1 aromatic carbocycles. The highest BCUT2D eigenvalue weighted by molar-refractivity contribution is 5.78. The highest BCUT2D eigenvalue weighted by atomic mass is 16.4. The summed E-state index contributed by atoms with van der Waals surface area (Å²) in [6.45, 7) is 1.94. The van der Waals surface area contributed by atoms with Crippen molar-refractivity contribution in [2.75, 3.05) is 29.6 Å². The molecule has 10 nitrogen and oxygen atoms in total. The van der Waals surface area contributed by atoms with Crippen LogP contribution in [-0.4, -0.2) is 46.1 Å². The highest BCUT2D eigenvalue weighted by Gasteiger charge is 2.37. The van der Waals surface area contributed by atoms with E-state index in [1.165, 1.54) is 32.1 Å². The predicted molar refractivity (Wildman–Crippen MR) is 143 cm³/mol. The lowest BCUT2D eigenvalue weighted by molar-refractivity contribution is 0.464. The van der Waals surface area contributed by atoms with Crippen LogP contribution < -0.4 is 26.6 Å². The van der Waals surface area contributed by atoms with E-state index in [1.807, 2.05) is 45.4 Å². The fraction of sp³-hybridized carbons (Fsp3) is 0.385. The third kappa shape index (κ3) is 5.03. The number of oxazole rings is 1. The molecule has 2 fully saturated rings. The number of anilines is 5. The maximum atomic E-state index is 11.4. The lowest BCUT2D eigenvalue weighted by atomic mass is 10.0. The van der Waals surface area contributed by atoms with E-state index in [4.69, 9.17) is 9.40 Å². The van der Waals surface area contributed by atoms with E-state index in [0.717, 1.165) is 22.8 Å². The Morgan fingerprint density at radius 2 is 1.72 bits per heavy atom. The molecule has 4 N–H and O–H groups in total. The Bertz CT molecular complexity index is 1360. The first kappa shape index (κ1) is 23.8. The average Bonchev–Trinajstić information content (AvgIpc) is 3.36. The second kappa shape index (κ2) is 10.4. The quantitative estimate of drug-likeness (QED) is 0.322. The summed E-state index contributed by atoms with van der Waals surface area (Å²) in [6.07, 6.45) is 10.1. The number of piperidine rings is 1. The van der Waals surface area contributed by atoms with Gasteiger partial charge in [0.25, 0.3) is 0 Å². The number of hydrogen-bond acceptors (Lipinski definition) is 9. The summed E-state index contributed by atoms with van der Waals surface area (Å²) in [4.78, 5) is 30.3. The van der Waals surface area contributed by atoms with Crippen molar-refractivity contribution in [2.24, 2.45) is 0 Å². The molecule has 0 spiro atoms. The minimum Gasteiger partial charge on any atom is -0.408 e. The number of aryl methyl sites for hydroxylation is 1. The van der Waals surface area contributed by atoms with Gasteiger partial charge in [0, 0.05) is 29.5 Å². The van der Waals surface area contributed by atoms with Crippen molar-refractivity contribution in [3.05, 3.63) is 58.8 Å². The van der Waals surface area contributed by atoms with Crippen molar-refractivity contribution >= 4 is 40.1 Å². The molecule has 0 aliphatic carbocycles. The SMILES string of the molecule is CNC.Cc1cnc(Nc2ccc(N3C4CCCC3CC4)nc2)nc1Nc1ccc2oc(=O)[nH]c2c1. The van der Waals surface area contributed by atoms with Gasteiger partial charge >= 0.3 is 5.76 Å². The number of nitrogens with one attached hydrogen (secondary N) is 4. The van der Waals surface area contributed by atoms with Crippen LogP contribution in [0.3, 0.4) is 0 Å². The van der Waals surface area contributed by atoms with E-state index in [2.05, 4.69) is 41.9 Å². The molecular formula is C26H32N8O2. The Hall–Kier alpha value is -3.92. The molecule has 2 aliphatic rings. The van der Waals surface area contributed by atoms with Gasteiger partial charge < -0.3 is 25.3 Å². The van der Waals surface area contributed by atoms with Crippen molar-refractivity contribution in [3.63, 3.8) is 0 Å². The lowest BCUT2D eigenvalue weighted by Gasteiger charge is -2.35. The van der Waals surface area contributed by atoms with Crippen LogP contribution in [0.15, 0.2) is 51.9 Å². The zero-order chi connectivity index (χ0) is 25.1. The van der Waals surface area contributed by atoms with E-state index < -0.39 is 5.76 Å². The van der Waals surface area contributed by atoms with E-state index >= 15 is 0 Å². The molecule has 3 aromatic heterocycles. The van der Waals surface area contributed by atoms with Crippen molar-refractivity contribution in [1.82, 2.24) is 25.3 Å². The number of fused-ring (bicyclic) bond motifs is 3. The Morgan fingerprint density at radius 1 is 0.972 bits per heavy atom. The monoisotopic (exact) mass is 488 g/mol. The summed E-state index contributed by atoms with van der Waals surface area (Å²) in [6, 6.07) is 10.8. The van der Waals surface area contributed by atoms with E-state index in [1.54, 1.807) is 12.3 Å². The molecular weight excluding hydrogens is 456 g/mol. The standard InChI is InChI=1S/C24H25N7O2.C2H7N/c1-14-12-26-23(30-22(14)27-15-5-9-20-19(11-15)29-24(32)33-20)28-16-6-10-21(25-13-16)31-17-3-2-4-18(31)8-7-17;1-3-2/h5-6,9-13,17-18H,2-4,7-8H2,1H3,(H,29,32)(H2,26,27,28,30);3H,1-2H3. The molecule has 188 valence electrons. The second-order valence-corrected chi connectivity index (χ2v) is 9.33. The molecule has 5 heterocycles. The minimum absolute atomic E-state index is 0.473. The van der Waals surface area contributed by atoms with Gasteiger partial charge in [0.15, 0.2) is 5.58 Å². The Kier molecular flexibility index (Phi) is 6.86. The molecule has 10 heteroatoms. The Labute approximate surface area is 209 Å². The number of pyridine rings is 1. The topological polar surface area (TPSA) is 124 Å². The third-order valence-electron chi connectivity index (χ3n) is 6.62.